The van der Waals surface area contributed by atoms with Crippen molar-refractivity contribution in [3.8, 4) is 0 Å². The average molecular weight is 186 g/mol. The highest BCUT2D eigenvalue weighted by molar-refractivity contribution is 6.11. The highest BCUT2D eigenvalue weighted by Gasteiger charge is 2.19. The van der Waals surface area contributed by atoms with E-state index in [4.69, 9.17) is 22.8 Å². The number of aliphatic hydroxyl groups excluding tert-OH is 2. The molecular formula is C9H19BO3. The normalized spacial score (nSPS) is 29.5. The van der Waals surface area contributed by atoms with Gasteiger partial charge in [0.2, 0.25) is 0 Å². The maximum absolute atomic E-state index is 8.50. The van der Waals surface area contributed by atoms with Gasteiger partial charge in [-0.15, -0.1) is 0 Å². The van der Waals surface area contributed by atoms with Crippen LogP contribution in [0.3, 0.4) is 0 Å². The van der Waals surface area contributed by atoms with Crippen molar-refractivity contribution in [1.29, 1.82) is 0 Å². The van der Waals surface area contributed by atoms with E-state index in [9.17, 15) is 0 Å². The number of hydrogen-bond donors (Lipinski definition) is 2. The monoisotopic (exact) mass is 186 g/mol. The van der Waals surface area contributed by atoms with E-state index >= 15 is 0 Å². The van der Waals surface area contributed by atoms with E-state index in [2.05, 4.69) is 0 Å². The van der Waals surface area contributed by atoms with Crippen molar-refractivity contribution in [2.45, 2.75) is 44.2 Å². The third-order valence-corrected chi connectivity index (χ3v) is 1.70. The molecule has 1 saturated heterocycles. The number of aliphatic hydroxyl groups is 2. The first kappa shape index (κ1) is 12.9. The van der Waals surface area contributed by atoms with Crippen LogP contribution in [0.1, 0.15) is 32.1 Å². The van der Waals surface area contributed by atoms with Gasteiger partial charge in [0.05, 0.1) is 12.7 Å². The predicted octanol–water partition coefficient (Wildman–Crippen LogP) is 0.431. The minimum absolute atomic E-state index is 0.00463. The zero-order valence-electron chi connectivity index (χ0n) is 8.28. The van der Waals surface area contributed by atoms with Gasteiger partial charge < -0.3 is 14.9 Å². The molecule has 76 valence electrons. The van der Waals surface area contributed by atoms with Crippen molar-refractivity contribution in [2.75, 3.05) is 13.7 Å². The van der Waals surface area contributed by atoms with E-state index < -0.39 is 0 Å². The van der Waals surface area contributed by atoms with Gasteiger partial charge in [-0.2, -0.15) is 0 Å². The standard InChI is InChI=1S/C5H9BO2.C3H6.CH4O/c6-5-2-1-4(3-7)8-5;1-2-3-1;1-2/h4-5,7H,1-3H2;1-3H2;2H,1H3. The third kappa shape index (κ3) is 8.28. The van der Waals surface area contributed by atoms with Crippen LogP contribution in [0.25, 0.3) is 0 Å². The summed E-state index contributed by atoms with van der Waals surface area (Å²) in [5.74, 6) is 0. The Balaban J connectivity index is 0.000000239. The molecule has 1 heterocycles. The first-order valence-electron chi connectivity index (χ1n) is 4.79. The van der Waals surface area contributed by atoms with Crippen molar-refractivity contribution in [3.63, 3.8) is 0 Å². The molecule has 0 aromatic heterocycles. The molecule has 0 aromatic carbocycles. The van der Waals surface area contributed by atoms with Crippen molar-refractivity contribution in [2.24, 2.45) is 0 Å². The van der Waals surface area contributed by atoms with Crippen LogP contribution in [-0.4, -0.2) is 43.9 Å². The second-order valence-electron chi connectivity index (χ2n) is 3.12. The Morgan fingerprint density at radius 3 is 1.92 bits per heavy atom. The van der Waals surface area contributed by atoms with Crippen molar-refractivity contribution in [3.05, 3.63) is 0 Å². The molecule has 2 aliphatic rings. The molecule has 3 nitrogen and oxygen atoms in total. The predicted molar refractivity (Wildman–Crippen MR) is 52.7 cm³/mol. The zero-order valence-corrected chi connectivity index (χ0v) is 8.28. The summed E-state index contributed by atoms with van der Waals surface area (Å²) in [6, 6.07) is -0.132. The van der Waals surface area contributed by atoms with E-state index in [-0.39, 0.29) is 18.7 Å². The van der Waals surface area contributed by atoms with E-state index in [1.165, 1.54) is 19.3 Å². The Hall–Kier alpha value is -0.0551. The van der Waals surface area contributed by atoms with Crippen LogP contribution >= 0.6 is 0 Å². The summed E-state index contributed by atoms with van der Waals surface area (Å²) >= 11 is 0. The van der Waals surface area contributed by atoms with Gasteiger partial charge in [0.15, 0.2) is 0 Å². The Labute approximate surface area is 81.5 Å². The lowest BCUT2D eigenvalue weighted by Gasteiger charge is -2.05. The summed E-state index contributed by atoms with van der Waals surface area (Å²) in [7, 11) is 6.37. The van der Waals surface area contributed by atoms with Gasteiger partial charge in [0.1, 0.15) is 7.85 Å². The lowest BCUT2D eigenvalue weighted by Crippen LogP contribution is -2.13. The molecule has 2 atom stereocenters. The lowest BCUT2D eigenvalue weighted by molar-refractivity contribution is 0.0432. The van der Waals surface area contributed by atoms with Crippen LogP contribution < -0.4 is 0 Å². The second kappa shape index (κ2) is 8.54. The largest absolute Gasteiger partial charge is 0.400 e. The minimum atomic E-state index is -0.132. The fourth-order valence-corrected chi connectivity index (χ4v) is 0.868. The smallest absolute Gasteiger partial charge is 0.109 e. The highest BCUT2D eigenvalue weighted by Crippen LogP contribution is 2.15. The average Bonchev–Trinajstić information content (AvgIpc) is 2.99. The molecule has 1 aliphatic carbocycles. The maximum atomic E-state index is 8.50. The van der Waals surface area contributed by atoms with E-state index in [1.807, 2.05) is 0 Å². The Morgan fingerprint density at radius 2 is 1.77 bits per heavy atom. The topological polar surface area (TPSA) is 49.7 Å². The van der Waals surface area contributed by atoms with Crippen molar-refractivity contribution in [1.82, 2.24) is 0 Å². The van der Waals surface area contributed by atoms with Gasteiger partial charge in [-0.1, -0.05) is 19.3 Å². The first-order chi connectivity index (χ1) is 6.33. The molecule has 0 amide bonds. The first-order valence-corrected chi connectivity index (χ1v) is 4.79. The van der Waals surface area contributed by atoms with Crippen LogP contribution in [0.5, 0.6) is 0 Å². The number of rotatable bonds is 1. The molecule has 4 heteroatoms. The molecule has 0 spiro atoms. The Morgan fingerprint density at radius 1 is 1.23 bits per heavy atom. The molecule has 13 heavy (non-hydrogen) atoms. The van der Waals surface area contributed by atoms with E-state index in [0.29, 0.717) is 0 Å². The van der Waals surface area contributed by atoms with Gasteiger partial charge in [-0.05, 0) is 12.8 Å². The van der Waals surface area contributed by atoms with Gasteiger partial charge >= 0.3 is 0 Å². The van der Waals surface area contributed by atoms with Gasteiger partial charge in [0, 0.05) is 13.1 Å². The van der Waals surface area contributed by atoms with E-state index in [0.717, 1.165) is 20.0 Å². The number of ether oxygens (including phenoxy) is 1. The zero-order chi connectivity index (χ0) is 10.1. The van der Waals surface area contributed by atoms with E-state index in [1.54, 1.807) is 0 Å². The second-order valence-corrected chi connectivity index (χ2v) is 3.12. The fourth-order valence-electron chi connectivity index (χ4n) is 0.868. The summed E-state index contributed by atoms with van der Waals surface area (Å²) in [5, 5.41) is 15.5. The number of hydrogen-bond acceptors (Lipinski definition) is 3. The van der Waals surface area contributed by atoms with Crippen LogP contribution in [0.15, 0.2) is 0 Å². The third-order valence-electron chi connectivity index (χ3n) is 1.70. The summed E-state index contributed by atoms with van der Waals surface area (Å²) < 4.78 is 5.04. The van der Waals surface area contributed by atoms with Gasteiger partial charge in [-0.3, -0.25) is 0 Å². The molecule has 2 N–H and O–H groups in total. The summed E-state index contributed by atoms with van der Waals surface area (Å²) in [6.07, 6.45) is 6.29. The molecule has 0 aromatic rings. The lowest BCUT2D eigenvalue weighted by atomic mass is 9.97. The molecule has 1 saturated carbocycles. The van der Waals surface area contributed by atoms with Crippen LogP contribution in [0.2, 0.25) is 0 Å². The van der Waals surface area contributed by atoms with Crippen LogP contribution in [0.4, 0.5) is 0 Å². The molecule has 2 unspecified atom stereocenters. The SMILES string of the molecule is C1CC1.CO.[B]C1CCC(CO)O1. The molecule has 2 rings (SSSR count). The fraction of sp³-hybridized carbons (Fsp3) is 1.00. The quantitative estimate of drug-likeness (QED) is 0.584. The Bertz CT molecular complexity index is 106. The van der Waals surface area contributed by atoms with Gasteiger partial charge in [-0.25, -0.2) is 0 Å². The van der Waals surface area contributed by atoms with Crippen LogP contribution in [-0.2, 0) is 4.74 Å². The van der Waals surface area contributed by atoms with Crippen molar-refractivity contribution < 1.29 is 14.9 Å². The molecular weight excluding hydrogens is 167 g/mol. The molecule has 1 aliphatic heterocycles. The molecule has 0 bridgehead atoms. The summed E-state index contributed by atoms with van der Waals surface area (Å²) in [6.45, 7) is 0.105. The summed E-state index contributed by atoms with van der Waals surface area (Å²) in [5.41, 5.74) is 0. The van der Waals surface area contributed by atoms with Crippen molar-refractivity contribution >= 4 is 7.85 Å². The molecule has 2 radical (unpaired) electrons. The highest BCUT2D eigenvalue weighted by atomic mass is 16.5. The maximum Gasteiger partial charge on any atom is 0.109 e. The minimum Gasteiger partial charge on any atom is -0.400 e. The van der Waals surface area contributed by atoms with Gasteiger partial charge in [0.25, 0.3) is 0 Å². The summed E-state index contributed by atoms with van der Waals surface area (Å²) in [4.78, 5) is 0. The molecule has 2 fully saturated rings. The van der Waals surface area contributed by atoms with Crippen LogP contribution in [0, 0.1) is 0 Å². The Kier molecular flexibility index (Phi) is 8.50.